The molecule has 3 unspecified atom stereocenters. The van der Waals surface area contributed by atoms with E-state index in [1.807, 2.05) is 30.3 Å². The Bertz CT molecular complexity index is 781. The van der Waals surface area contributed by atoms with Crippen LogP contribution in [0, 0.1) is 0 Å². The van der Waals surface area contributed by atoms with Gasteiger partial charge in [-0.25, -0.2) is 12.1 Å². The predicted octanol–water partition coefficient (Wildman–Crippen LogP) is 7.74. The van der Waals surface area contributed by atoms with Crippen LogP contribution < -0.4 is 10.6 Å². The first-order valence-corrected chi connectivity index (χ1v) is 15.7. The van der Waals surface area contributed by atoms with Crippen molar-refractivity contribution < 1.29 is 17.1 Å². The van der Waals surface area contributed by atoms with Gasteiger partial charge in [0.15, 0.2) is 0 Å². The van der Waals surface area contributed by atoms with E-state index in [0.717, 1.165) is 0 Å². The summed E-state index contributed by atoms with van der Waals surface area (Å²) in [5.74, 6) is 0. The molecule has 2 aromatic rings. The Morgan fingerprint density at radius 3 is 1.74 bits per heavy atom. The zero-order chi connectivity index (χ0) is 24.8. The van der Waals surface area contributed by atoms with Gasteiger partial charge >= 0.3 is 0 Å². The first-order valence-electron chi connectivity index (χ1n) is 13.6. The summed E-state index contributed by atoms with van der Waals surface area (Å²) in [6.07, 6.45) is 8.99. The number of nitrogens with one attached hydrogen (secondary N) is 2. The molecule has 5 heteroatoms. The topological polar surface area (TPSA) is 24.1 Å². The molecule has 204 valence electrons. The van der Waals surface area contributed by atoms with Crippen LogP contribution in [0.25, 0.3) is 0 Å². The van der Waals surface area contributed by atoms with E-state index < -0.39 is 0 Å². The van der Waals surface area contributed by atoms with Crippen LogP contribution in [0.3, 0.4) is 0 Å². The maximum absolute atomic E-state index is 3.87. The van der Waals surface area contributed by atoms with Crippen LogP contribution in [0.4, 0.5) is 0 Å². The van der Waals surface area contributed by atoms with Crippen LogP contribution in [0.2, 0.25) is 0 Å². The van der Waals surface area contributed by atoms with Gasteiger partial charge in [-0.1, -0.05) is 47.7 Å². The zero-order valence-electron chi connectivity index (χ0n) is 23.0. The van der Waals surface area contributed by atoms with Crippen molar-refractivity contribution in [2.45, 2.75) is 114 Å². The Hall–Kier alpha value is -0.000519. The molecule has 0 radical (unpaired) electrons. The summed E-state index contributed by atoms with van der Waals surface area (Å²) in [5.41, 5.74) is 3.23. The maximum Gasteiger partial charge on any atom is 0.0194 e. The summed E-state index contributed by atoms with van der Waals surface area (Å²) < 4.78 is 0. The Kier molecular flexibility index (Phi) is 12.2. The van der Waals surface area contributed by atoms with Crippen molar-refractivity contribution in [1.82, 2.24) is 10.6 Å². The molecular weight excluding hydrogens is 506 g/mol. The summed E-state index contributed by atoms with van der Waals surface area (Å²) in [7, 11) is 3.24. The third-order valence-corrected chi connectivity index (χ3v) is 14.1. The van der Waals surface area contributed by atoms with Crippen molar-refractivity contribution in [3.63, 3.8) is 0 Å². The monoisotopic (exact) mass is 556 g/mol. The molecule has 3 atom stereocenters. The minimum absolute atomic E-state index is 0. The molecule has 0 aliphatic carbocycles. The standard InChI is InChI=1S/C25H45N2P2.C5H5.Fe/c1-7-23(3,4)29(24(5,6)8-2)18-19-12-9-13-20(19)25(28,21-14-10-16-26-21)22-15-11-17-27-22;1-2-4-5-3-1;/h9,12-13,21-22,26-27H,7-8,10-11,14-18,28H2,1-6H3;1-5H;/q-1;-5;. The van der Waals surface area contributed by atoms with Crippen molar-refractivity contribution in [3.8, 4) is 0 Å². The molecule has 0 bridgehead atoms. The second-order valence-electron chi connectivity index (χ2n) is 11.6. The quantitative estimate of drug-likeness (QED) is 0.188. The van der Waals surface area contributed by atoms with Gasteiger partial charge in [-0.2, -0.15) is 11.6 Å². The fourth-order valence-corrected chi connectivity index (χ4v) is 10.7. The summed E-state index contributed by atoms with van der Waals surface area (Å²) in [4.78, 5) is 0. The summed E-state index contributed by atoms with van der Waals surface area (Å²) in [5, 5.41) is 8.66. The normalized spacial score (nSPS) is 22.4. The average molecular weight is 557 g/mol. The van der Waals surface area contributed by atoms with E-state index in [-0.39, 0.29) is 30.1 Å². The van der Waals surface area contributed by atoms with Crippen molar-refractivity contribution in [2.24, 2.45) is 0 Å². The molecule has 4 rings (SSSR count). The Balaban J connectivity index is 0.000000640. The van der Waals surface area contributed by atoms with E-state index in [9.17, 15) is 0 Å². The molecule has 2 N–H and O–H groups in total. The molecule has 0 aromatic heterocycles. The van der Waals surface area contributed by atoms with E-state index in [2.05, 4.69) is 79.6 Å². The van der Waals surface area contributed by atoms with Crippen LogP contribution >= 0.6 is 17.2 Å². The molecule has 2 saturated heterocycles. The second-order valence-corrected chi connectivity index (χ2v) is 16.1. The van der Waals surface area contributed by atoms with Gasteiger partial charge < -0.3 is 41.0 Å². The second kappa shape index (κ2) is 13.7. The van der Waals surface area contributed by atoms with Gasteiger partial charge in [0.05, 0.1) is 0 Å². The van der Waals surface area contributed by atoms with Crippen LogP contribution in [0.1, 0.15) is 91.2 Å². The number of rotatable bonds is 9. The molecule has 2 heterocycles. The van der Waals surface area contributed by atoms with Crippen LogP contribution in [0.5, 0.6) is 0 Å². The number of hydrogen-bond donors (Lipinski definition) is 2. The molecule has 2 nitrogen and oxygen atoms in total. The third kappa shape index (κ3) is 7.31. The van der Waals surface area contributed by atoms with Gasteiger partial charge in [-0.05, 0) is 61.9 Å². The molecule has 2 aliphatic rings. The SMILES string of the molecule is CCC(C)(C)P(C[c-]1cccc1C(P)(C1CCCN1)C1CCCN1)C(C)(C)CC.[Fe].[cH-]1[cH-][cH-][cH-][cH-]1. The van der Waals surface area contributed by atoms with Crippen molar-refractivity contribution in [1.29, 1.82) is 0 Å². The minimum atomic E-state index is -0.136. The smallest absolute Gasteiger partial charge is 0.0194 e. The first-order chi connectivity index (χ1) is 16.2. The summed E-state index contributed by atoms with van der Waals surface area (Å²) >= 11 is 0. The van der Waals surface area contributed by atoms with Crippen LogP contribution in [-0.2, 0) is 28.4 Å². The van der Waals surface area contributed by atoms with Crippen molar-refractivity contribution in [2.75, 3.05) is 13.1 Å². The number of hydrogen-bond acceptors (Lipinski definition) is 2. The van der Waals surface area contributed by atoms with Crippen LogP contribution in [0.15, 0.2) is 48.5 Å². The summed E-state index contributed by atoms with van der Waals surface area (Å²) in [6, 6.07) is 18.4. The molecule has 2 fully saturated rings. The maximum atomic E-state index is 3.87. The molecule has 0 spiro atoms. The van der Waals surface area contributed by atoms with E-state index in [1.165, 1.54) is 57.8 Å². The van der Waals surface area contributed by atoms with Crippen LogP contribution in [-0.4, -0.2) is 35.5 Å². The molecule has 0 saturated carbocycles. The Morgan fingerprint density at radius 2 is 1.37 bits per heavy atom. The Morgan fingerprint density at radius 1 is 0.914 bits per heavy atom. The van der Waals surface area contributed by atoms with Gasteiger partial charge in [0.2, 0.25) is 0 Å². The van der Waals surface area contributed by atoms with Gasteiger partial charge in [-0.3, -0.25) is 0 Å². The summed E-state index contributed by atoms with van der Waals surface area (Å²) in [6.45, 7) is 17.2. The van der Waals surface area contributed by atoms with E-state index in [1.54, 1.807) is 11.1 Å². The van der Waals surface area contributed by atoms with Gasteiger partial charge in [0, 0.05) is 34.3 Å². The van der Waals surface area contributed by atoms with E-state index >= 15 is 0 Å². The Labute approximate surface area is 230 Å². The van der Waals surface area contributed by atoms with Gasteiger partial charge in [-0.15, -0.1) is 22.7 Å². The molecule has 2 aliphatic heterocycles. The molecular formula is C30H50FeN2P2-6. The van der Waals surface area contributed by atoms with E-state index in [0.29, 0.717) is 22.4 Å². The van der Waals surface area contributed by atoms with E-state index in [4.69, 9.17) is 0 Å². The van der Waals surface area contributed by atoms with Gasteiger partial charge in [0.1, 0.15) is 0 Å². The fraction of sp³-hybridized carbons (Fsp3) is 0.667. The largest absolute Gasteiger partial charge is 0.748 e. The van der Waals surface area contributed by atoms with Crippen molar-refractivity contribution in [3.05, 3.63) is 59.7 Å². The molecule has 35 heavy (non-hydrogen) atoms. The first kappa shape index (κ1) is 31.2. The minimum Gasteiger partial charge on any atom is -0.748 e. The average Bonchev–Trinajstić information content (AvgIpc) is 3.64. The third-order valence-electron chi connectivity index (χ3n) is 8.72. The zero-order valence-corrected chi connectivity index (χ0v) is 26.2. The molecule has 2 aromatic carbocycles. The predicted molar refractivity (Wildman–Crippen MR) is 157 cm³/mol. The molecule has 0 amide bonds. The van der Waals surface area contributed by atoms with Gasteiger partial charge in [0.25, 0.3) is 0 Å². The van der Waals surface area contributed by atoms with Crippen molar-refractivity contribution >= 4 is 17.2 Å². The fourth-order valence-electron chi connectivity index (χ4n) is 5.94.